The van der Waals surface area contributed by atoms with Gasteiger partial charge < -0.3 is 15.0 Å². The van der Waals surface area contributed by atoms with Crippen molar-refractivity contribution in [2.24, 2.45) is 0 Å². The highest BCUT2D eigenvalue weighted by molar-refractivity contribution is 6.31. The van der Waals surface area contributed by atoms with E-state index in [1.165, 1.54) is 0 Å². The van der Waals surface area contributed by atoms with E-state index in [0.29, 0.717) is 18.1 Å². The largest absolute Gasteiger partial charge is 0.444 e. The second-order valence-corrected chi connectivity index (χ2v) is 7.51. The predicted octanol–water partition coefficient (Wildman–Crippen LogP) is 4.31. The molecule has 1 aromatic carbocycles. The first-order valence-electron chi connectivity index (χ1n) is 8.10. The Labute approximate surface area is 146 Å². The van der Waals surface area contributed by atoms with E-state index < -0.39 is 5.60 Å². The summed E-state index contributed by atoms with van der Waals surface area (Å²) in [6.45, 7) is 6.97. The van der Waals surface area contributed by atoms with Crippen LogP contribution in [0, 0.1) is 0 Å². The third-order valence-electron chi connectivity index (χ3n) is 3.90. The molecule has 128 valence electrons. The highest BCUT2D eigenvalue weighted by atomic mass is 35.5. The molecular weight excluding hydrogens is 326 g/mol. The Hall–Kier alpha value is -2.01. The van der Waals surface area contributed by atoms with E-state index in [0.717, 1.165) is 23.0 Å². The van der Waals surface area contributed by atoms with Crippen LogP contribution in [0.25, 0.3) is 10.9 Å². The standard InChI is InChI=1S/C18H22ClN3O2/c1-18(2,3)24-17(23)22-9-7-13(11-22)21-15-6-8-20-16-10-12(19)4-5-14(15)16/h4-6,8,10,13H,7,9,11H2,1-3H3,(H,20,21). The maximum Gasteiger partial charge on any atom is 0.410 e. The fourth-order valence-corrected chi connectivity index (χ4v) is 3.00. The molecule has 2 heterocycles. The van der Waals surface area contributed by atoms with Crippen LogP contribution in [0.3, 0.4) is 0 Å². The zero-order valence-electron chi connectivity index (χ0n) is 14.2. The molecule has 5 nitrogen and oxygen atoms in total. The van der Waals surface area contributed by atoms with E-state index in [4.69, 9.17) is 16.3 Å². The Morgan fingerprint density at radius 3 is 2.92 bits per heavy atom. The molecular formula is C18H22ClN3O2. The summed E-state index contributed by atoms with van der Waals surface area (Å²) in [6.07, 6.45) is 2.40. The van der Waals surface area contributed by atoms with Gasteiger partial charge in [0.2, 0.25) is 0 Å². The number of carbonyl (C=O) groups is 1. The molecule has 3 rings (SSSR count). The minimum absolute atomic E-state index is 0.193. The van der Waals surface area contributed by atoms with Crippen LogP contribution in [-0.2, 0) is 4.74 Å². The van der Waals surface area contributed by atoms with Gasteiger partial charge in [-0.1, -0.05) is 11.6 Å². The summed E-state index contributed by atoms with van der Waals surface area (Å²) >= 11 is 6.03. The number of anilines is 1. The van der Waals surface area contributed by atoms with Crippen LogP contribution in [0.1, 0.15) is 27.2 Å². The molecule has 1 fully saturated rings. The monoisotopic (exact) mass is 347 g/mol. The lowest BCUT2D eigenvalue weighted by Crippen LogP contribution is -2.36. The minimum atomic E-state index is -0.469. The molecule has 1 amide bonds. The van der Waals surface area contributed by atoms with Crippen molar-refractivity contribution < 1.29 is 9.53 Å². The number of ether oxygens (including phenoxy) is 1. The summed E-state index contributed by atoms with van der Waals surface area (Å²) < 4.78 is 5.44. The van der Waals surface area contributed by atoms with Crippen molar-refractivity contribution in [2.75, 3.05) is 18.4 Å². The van der Waals surface area contributed by atoms with E-state index in [9.17, 15) is 4.79 Å². The number of fused-ring (bicyclic) bond motifs is 1. The number of rotatable bonds is 2. The Kier molecular flexibility index (Phi) is 4.54. The molecule has 1 aromatic heterocycles. The highest BCUT2D eigenvalue weighted by Gasteiger charge is 2.29. The summed E-state index contributed by atoms with van der Waals surface area (Å²) in [5.41, 5.74) is 1.39. The quantitative estimate of drug-likeness (QED) is 0.879. The first-order valence-corrected chi connectivity index (χ1v) is 8.48. The number of pyridine rings is 1. The molecule has 24 heavy (non-hydrogen) atoms. The van der Waals surface area contributed by atoms with E-state index in [1.54, 1.807) is 11.1 Å². The molecule has 0 aliphatic carbocycles. The fraction of sp³-hybridized carbons (Fsp3) is 0.444. The number of halogens is 1. The highest BCUT2D eigenvalue weighted by Crippen LogP contribution is 2.26. The van der Waals surface area contributed by atoms with Crippen LogP contribution in [0.4, 0.5) is 10.5 Å². The van der Waals surface area contributed by atoms with Gasteiger partial charge in [-0.25, -0.2) is 4.79 Å². The van der Waals surface area contributed by atoms with Gasteiger partial charge in [0.15, 0.2) is 0 Å². The van der Waals surface area contributed by atoms with Crippen molar-refractivity contribution in [1.29, 1.82) is 0 Å². The molecule has 1 aliphatic heterocycles. The maximum atomic E-state index is 12.2. The van der Waals surface area contributed by atoms with Crippen molar-refractivity contribution in [2.45, 2.75) is 38.8 Å². The van der Waals surface area contributed by atoms with E-state index in [-0.39, 0.29) is 12.1 Å². The van der Waals surface area contributed by atoms with Gasteiger partial charge in [-0.15, -0.1) is 0 Å². The van der Waals surface area contributed by atoms with Crippen LogP contribution in [-0.4, -0.2) is 40.7 Å². The maximum absolute atomic E-state index is 12.2. The van der Waals surface area contributed by atoms with Crippen molar-refractivity contribution in [3.63, 3.8) is 0 Å². The minimum Gasteiger partial charge on any atom is -0.444 e. The molecule has 1 saturated heterocycles. The second-order valence-electron chi connectivity index (χ2n) is 7.08. The third-order valence-corrected chi connectivity index (χ3v) is 4.14. The molecule has 0 bridgehead atoms. The smallest absolute Gasteiger partial charge is 0.410 e. The van der Waals surface area contributed by atoms with E-state index in [2.05, 4.69) is 10.3 Å². The Bertz CT molecular complexity index is 758. The van der Waals surface area contributed by atoms with Gasteiger partial charge in [0.05, 0.1) is 5.52 Å². The van der Waals surface area contributed by atoms with E-state index in [1.807, 2.05) is 45.0 Å². The number of benzene rings is 1. The van der Waals surface area contributed by atoms with Gasteiger partial charge >= 0.3 is 6.09 Å². The molecule has 2 aromatic rings. The van der Waals surface area contributed by atoms with Gasteiger partial charge in [-0.3, -0.25) is 4.98 Å². The summed E-state index contributed by atoms with van der Waals surface area (Å²) in [6, 6.07) is 7.82. The lowest BCUT2D eigenvalue weighted by molar-refractivity contribution is 0.0293. The van der Waals surface area contributed by atoms with Gasteiger partial charge in [-0.05, 0) is 51.5 Å². The molecule has 1 unspecified atom stereocenters. The lowest BCUT2D eigenvalue weighted by Gasteiger charge is -2.24. The van der Waals surface area contributed by atoms with Crippen LogP contribution in [0.5, 0.6) is 0 Å². The zero-order chi connectivity index (χ0) is 17.3. The molecule has 0 spiro atoms. The molecule has 1 atom stereocenters. The normalized spacial score (nSPS) is 18.0. The summed E-state index contributed by atoms with van der Waals surface area (Å²) in [5.74, 6) is 0. The summed E-state index contributed by atoms with van der Waals surface area (Å²) in [7, 11) is 0. The third kappa shape index (κ3) is 3.90. The number of hydrogen-bond donors (Lipinski definition) is 1. The van der Waals surface area contributed by atoms with E-state index >= 15 is 0 Å². The van der Waals surface area contributed by atoms with Crippen LogP contribution < -0.4 is 5.32 Å². The van der Waals surface area contributed by atoms with Gasteiger partial charge in [-0.2, -0.15) is 0 Å². The molecule has 1 N–H and O–H groups in total. The van der Waals surface area contributed by atoms with Crippen molar-refractivity contribution in [3.8, 4) is 0 Å². The number of likely N-dealkylation sites (tertiary alicyclic amines) is 1. The van der Waals surface area contributed by atoms with Gasteiger partial charge in [0.25, 0.3) is 0 Å². The second kappa shape index (κ2) is 6.48. The van der Waals surface area contributed by atoms with Crippen LogP contribution in [0.15, 0.2) is 30.5 Å². The Balaban J connectivity index is 1.69. The molecule has 0 saturated carbocycles. The van der Waals surface area contributed by atoms with Crippen molar-refractivity contribution >= 4 is 34.3 Å². The topological polar surface area (TPSA) is 54.5 Å². The number of nitrogens with one attached hydrogen (secondary N) is 1. The summed E-state index contributed by atoms with van der Waals surface area (Å²) in [5, 5.41) is 5.21. The number of nitrogens with zero attached hydrogens (tertiary/aromatic N) is 2. The number of aromatic nitrogens is 1. The SMILES string of the molecule is CC(C)(C)OC(=O)N1CCC(Nc2ccnc3cc(Cl)ccc23)C1. The Morgan fingerprint density at radius 2 is 2.17 bits per heavy atom. The molecule has 1 aliphatic rings. The summed E-state index contributed by atoms with van der Waals surface area (Å²) in [4.78, 5) is 18.3. The number of carbonyl (C=O) groups excluding carboxylic acids is 1. The number of amides is 1. The predicted molar refractivity (Wildman–Crippen MR) is 96.6 cm³/mol. The van der Waals surface area contributed by atoms with Crippen molar-refractivity contribution in [1.82, 2.24) is 9.88 Å². The average molecular weight is 348 g/mol. The number of hydrogen-bond acceptors (Lipinski definition) is 4. The Morgan fingerprint density at radius 1 is 1.38 bits per heavy atom. The average Bonchev–Trinajstić information content (AvgIpc) is 2.94. The van der Waals surface area contributed by atoms with Crippen LogP contribution >= 0.6 is 11.6 Å². The van der Waals surface area contributed by atoms with Gasteiger partial charge in [0, 0.05) is 41.4 Å². The van der Waals surface area contributed by atoms with Crippen LogP contribution in [0.2, 0.25) is 5.02 Å². The first kappa shape index (κ1) is 16.8. The fourth-order valence-electron chi connectivity index (χ4n) is 2.84. The first-order chi connectivity index (χ1) is 11.3. The zero-order valence-corrected chi connectivity index (χ0v) is 14.9. The van der Waals surface area contributed by atoms with Crippen molar-refractivity contribution in [3.05, 3.63) is 35.5 Å². The van der Waals surface area contributed by atoms with Gasteiger partial charge in [0.1, 0.15) is 5.60 Å². The molecule has 6 heteroatoms. The lowest BCUT2D eigenvalue weighted by atomic mass is 10.1. The molecule has 0 radical (unpaired) electrons.